The molecule has 0 bridgehead atoms. The topological polar surface area (TPSA) is 29.5 Å². The van der Waals surface area contributed by atoms with E-state index in [1.54, 1.807) is 0 Å². The highest BCUT2D eigenvalue weighted by molar-refractivity contribution is 5.69. The molecule has 1 aliphatic heterocycles. The van der Waals surface area contributed by atoms with Gasteiger partial charge in [-0.15, -0.1) is 0 Å². The van der Waals surface area contributed by atoms with Crippen molar-refractivity contribution in [3.8, 4) is 0 Å². The van der Waals surface area contributed by atoms with Crippen molar-refractivity contribution in [1.82, 2.24) is 4.90 Å². The number of amides is 1. The van der Waals surface area contributed by atoms with Gasteiger partial charge in [0.25, 0.3) is 0 Å². The van der Waals surface area contributed by atoms with Crippen molar-refractivity contribution in [3.63, 3.8) is 0 Å². The minimum absolute atomic E-state index is 0.0320. The second kappa shape index (κ2) is 7.84. The molecule has 0 saturated carbocycles. The van der Waals surface area contributed by atoms with Gasteiger partial charge in [0, 0.05) is 12.1 Å². The lowest BCUT2D eigenvalue weighted by Crippen LogP contribution is -2.58. The number of hydrogen-bond donors (Lipinski definition) is 0. The fourth-order valence-corrected chi connectivity index (χ4v) is 6.10. The Hall–Kier alpha value is -0.730. The van der Waals surface area contributed by atoms with E-state index in [-0.39, 0.29) is 27.9 Å². The third kappa shape index (κ3) is 6.66. The molecule has 1 amide bonds. The molecule has 0 spiro atoms. The molecule has 28 heavy (non-hydrogen) atoms. The molecule has 0 aromatic carbocycles. The summed E-state index contributed by atoms with van der Waals surface area (Å²) >= 11 is 0. The van der Waals surface area contributed by atoms with Crippen LogP contribution in [0.25, 0.3) is 0 Å². The number of carbonyl (C=O) groups is 1. The van der Waals surface area contributed by atoms with Crippen LogP contribution in [0, 0.1) is 28.1 Å². The summed E-state index contributed by atoms with van der Waals surface area (Å²) in [4.78, 5) is 15.2. The molecule has 0 aromatic rings. The maximum absolute atomic E-state index is 13.2. The number of carbonyl (C=O) groups excluding carboxylic acids is 1. The van der Waals surface area contributed by atoms with Crippen LogP contribution in [-0.2, 0) is 4.74 Å². The summed E-state index contributed by atoms with van der Waals surface area (Å²) in [5.74, 6) is 1.18. The third-order valence-corrected chi connectivity index (χ3v) is 6.39. The standard InChI is InChI=1S/C25H49NO2/c1-18(2)14-23(8,9)19-15-25(12,13)26(20(27)28-21(3,4)5)17-22(6,7)16-24(19,10)11/h18-19H,14-17H2,1-13H3. The smallest absolute Gasteiger partial charge is 0.410 e. The summed E-state index contributed by atoms with van der Waals surface area (Å²) in [5, 5.41) is 0. The van der Waals surface area contributed by atoms with Crippen LogP contribution in [0.15, 0.2) is 0 Å². The van der Waals surface area contributed by atoms with Crippen LogP contribution in [0.2, 0.25) is 0 Å². The molecule has 0 aliphatic carbocycles. The van der Waals surface area contributed by atoms with Crippen molar-refractivity contribution in [1.29, 1.82) is 0 Å². The molecule has 1 rings (SSSR count). The Labute approximate surface area is 176 Å². The van der Waals surface area contributed by atoms with Crippen LogP contribution in [0.3, 0.4) is 0 Å². The van der Waals surface area contributed by atoms with Gasteiger partial charge in [-0.1, -0.05) is 55.4 Å². The van der Waals surface area contributed by atoms with Crippen LogP contribution < -0.4 is 0 Å². The monoisotopic (exact) mass is 395 g/mol. The Balaban J connectivity index is 3.40. The van der Waals surface area contributed by atoms with Crippen LogP contribution in [0.4, 0.5) is 4.79 Å². The molecule has 1 aliphatic rings. The molecular weight excluding hydrogens is 346 g/mol. The van der Waals surface area contributed by atoms with Gasteiger partial charge >= 0.3 is 6.09 Å². The molecule has 1 unspecified atom stereocenters. The Morgan fingerprint density at radius 2 is 1.54 bits per heavy atom. The predicted octanol–water partition coefficient (Wildman–Crippen LogP) is 7.54. The van der Waals surface area contributed by atoms with E-state index < -0.39 is 5.60 Å². The van der Waals surface area contributed by atoms with Gasteiger partial charge < -0.3 is 9.64 Å². The first-order valence-corrected chi connectivity index (χ1v) is 11.2. The van der Waals surface area contributed by atoms with Gasteiger partial charge in [0.05, 0.1) is 0 Å². The van der Waals surface area contributed by atoms with Gasteiger partial charge in [-0.3, -0.25) is 0 Å². The number of rotatable bonds is 3. The van der Waals surface area contributed by atoms with Gasteiger partial charge in [0.2, 0.25) is 0 Å². The third-order valence-electron chi connectivity index (χ3n) is 6.39. The zero-order valence-electron chi connectivity index (χ0n) is 21.2. The Morgan fingerprint density at radius 1 is 1.04 bits per heavy atom. The second-order valence-corrected chi connectivity index (χ2v) is 13.6. The first-order valence-electron chi connectivity index (χ1n) is 11.2. The van der Waals surface area contributed by atoms with Crippen molar-refractivity contribution >= 4 is 6.09 Å². The summed E-state index contributed by atoms with van der Waals surface area (Å²) in [7, 11) is 0. The van der Waals surface area contributed by atoms with Crippen LogP contribution in [0.5, 0.6) is 0 Å². The zero-order valence-corrected chi connectivity index (χ0v) is 21.2. The molecule has 1 fully saturated rings. The predicted molar refractivity (Wildman–Crippen MR) is 121 cm³/mol. The molecule has 166 valence electrons. The largest absolute Gasteiger partial charge is 0.444 e. The number of likely N-dealkylation sites (tertiary alicyclic amines) is 1. The number of hydrogen-bond acceptors (Lipinski definition) is 2. The minimum atomic E-state index is -0.477. The quantitative estimate of drug-likeness (QED) is 0.494. The summed E-state index contributed by atoms with van der Waals surface area (Å²) < 4.78 is 5.83. The lowest BCUT2D eigenvalue weighted by Gasteiger charge is -2.56. The highest BCUT2D eigenvalue weighted by Gasteiger charge is 2.50. The van der Waals surface area contributed by atoms with Crippen molar-refractivity contribution in [2.24, 2.45) is 28.1 Å². The molecule has 1 heterocycles. The maximum atomic E-state index is 13.2. The van der Waals surface area contributed by atoms with E-state index in [4.69, 9.17) is 4.74 Å². The van der Waals surface area contributed by atoms with Crippen LogP contribution in [-0.4, -0.2) is 28.7 Å². The van der Waals surface area contributed by atoms with Gasteiger partial charge in [0.1, 0.15) is 5.60 Å². The molecule has 0 radical (unpaired) electrons. The van der Waals surface area contributed by atoms with E-state index in [2.05, 4.69) is 69.2 Å². The number of nitrogens with zero attached hydrogens (tertiary/aromatic N) is 1. The highest BCUT2D eigenvalue weighted by Crippen LogP contribution is 2.54. The maximum Gasteiger partial charge on any atom is 0.410 e. The lowest BCUT2D eigenvalue weighted by atomic mass is 9.54. The molecule has 1 saturated heterocycles. The zero-order chi connectivity index (χ0) is 22.3. The van der Waals surface area contributed by atoms with Crippen molar-refractivity contribution in [3.05, 3.63) is 0 Å². The average Bonchev–Trinajstić information content (AvgIpc) is 2.36. The Bertz CT molecular complexity index is 549. The molecule has 3 heteroatoms. The van der Waals surface area contributed by atoms with E-state index in [1.165, 1.54) is 6.42 Å². The molecule has 1 atom stereocenters. The molecule has 3 nitrogen and oxygen atoms in total. The fraction of sp³-hybridized carbons (Fsp3) is 0.960. The summed E-state index contributed by atoms with van der Waals surface area (Å²) in [6.07, 6.45) is 3.12. The Kier molecular flexibility index (Phi) is 7.08. The van der Waals surface area contributed by atoms with E-state index in [0.29, 0.717) is 11.8 Å². The summed E-state index contributed by atoms with van der Waals surface area (Å²) in [6, 6.07) is 0. The van der Waals surface area contributed by atoms with Gasteiger partial charge in [-0.05, 0) is 82.0 Å². The van der Waals surface area contributed by atoms with Crippen molar-refractivity contribution < 1.29 is 9.53 Å². The highest BCUT2D eigenvalue weighted by atomic mass is 16.6. The van der Waals surface area contributed by atoms with Crippen LogP contribution in [0.1, 0.15) is 109 Å². The van der Waals surface area contributed by atoms with Crippen molar-refractivity contribution in [2.45, 2.75) is 120 Å². The normalized spacial score (nSPS) is 25.2. The minimum Gasteiger partial charge on any atom is -0.444 e. The van der Waals surface area contributed by atoms with E-state index >= 15 is 0 Å². The molecule has 0 aromatic heterocycles. The van der Waals surface area contributed by atoms with Crippen molar-refractivity contribution in [2.75, 3.05) is 6.54 Å². The van der Waals surface area contributed by atoms with E-state index in [0.717, 1.165) is 19.4 Å². The Morgan fingerprint density at radius 3 is 1.96 bits per heavy atom. The van der Waals surface area contributed by atoms with Crippen LogP contribution >= 0.6 is 0 Å². The molecule has 0 N–H and O–H groups in total. The van der Waals surface area contributed by atoms with E-state index in [9.17, 15) is 4.79 Å². The summed E-state index contributed by atoms with van der Waals surface area (Å²) in [5.41, 5.74) is -0.281. The first kappa shape index (κ1) is 25.3. The summed E-state index contributed by atoms with van der Waals surface area (Å²) in [6.45, 7) is 30.0. The average molecular weight is 396 g/mol. The lowest BCUT2D eigenvalue weighted by molar-refractivity contribution is -0.0707. The first-order chi connectivity index (χ1) is 12.2. The van der Waals surface area contributed by atoms with Gasteiger partial charge in [-0.2, -0.15) is 0 Å². The van der Waals surface area contributed by atoms with E-state index in [1.807, 2.05) is 25.7 Å². The van der Waals surface area contributed by atoms with Gasteiger partial charge in [0.15, 0.2) is 0 Å². The fourth-order valence-electron chi connectivity index (χ4n) is 6.10. The van der Waals surface area contributed by atoms with Gasteiger partial charge in [-0.25, -0.2) is 4.79 Å². The SMILES string of the molecule is CC(C)CC(C)(C)C1CC(C)(C)N(C(=O)OC(C)(C)C)CC(C)(C)CC1(C)C. The molecular formula is C25H49NO2. The number of ether oxygens (including phenoxy) is 1. The second-order valence-electron chi connectivity index (χ2n) is 13.6.